The number of nitrogens with zero attached hydrogens (tertiary/aromatic N) is 1. The molecule has 4 aromatic rings. The average molecular weight is 375 g/mol. The molecule has 0 fully saturated rings. The Hall–Kier alpha value is -3.80. The molecule has 6 heteroatoms. The summed E-state index contributed by atoms with van der Waals surface area (Å²) in [4.78, 5) is 16.5. The van der Waals surface area contributed by atoms with Crippen LogP contribution < -0.4 is 14.2 Å². The maximum Gasteiger partial charge on any atom is 0.349 e. The molecule has 0 N–H and O–H groups in total. The van der Waals surface area contributed by atoms with Gasteiger partial charge >= 0.3 is 5.97 Å². The molecule has 1 aromatic heterocycles. The van der Waals surface area contributed by atoms with Gasteiger partial charge in [0.25, 0.3) is 0 Å². The van der Waals surface area contributed by atoms with Crippen LogP contribution in [-0.4, -0.2) is 24.7 Å². The van der Waals surface area contributed by atoms with Gasteiger partial charge < -0.3 is 18.6 Å². The molecule has 3 aromatic carbocycles. The van der Waals surface area contributed by atoms with Crippen LogP contribution in [0, 0.1) is 0 Å². The zero-order valence-corrected chi connectivity index (χ0v) is 15.1. The smallest absolute Gasteiger partial charge is 0.349 e. The molecule has 0 spiro atoms. The van der Waals surface area contributed by atoms with Crippen molar-refractivity contribution in [3.8, 4) is 28.7 Å². The van der Waals surface area contributed by atoms with Gasteiger partial charge in [-0.2, -0.15) is 0 Å². The highest BCUT2D eigenvalue weighted by molar-refractivity contribution is 5.80. The fraction of sp³-hybridized carbons (Fsp3) is 0.0909. The largest absolute Gasteiger partial charge is 0.497 e. The molecule has 28 heavy (non-hydrogen) atoms. The Morgan fingerprint density at radius 2 is 1.75 bits per heavy atom. The van der Waals surface area contributed by atoms with Gasteiger partial charge in [-0.25, -0.2) is 9.78 Å². The lowest BCUT2D eigenvalue weighted by Crippen LogP contribution is -2.17. The topological polar surface area (TPSA) is 70.8 Å². The van der Waals surface area contributed by atoms with E-state index < -0.39 is 5.97 Å². The second-order valence-electron chi connectivity index (χ2n) is 5.96. The first-order chi connectivity index (χ1) is 13.7. The van der Waals surface area contributed by atoms with Crippen LogP contribution in [0.5, 0.6) is 17.2 Å². The average Bonchev–Trinajstić information content (AvgIpc) is 3.16. The fourth-order valence-electron chi connectivity index (χ4n) is 2.67. The third-order valence-electron chi connectivity index (χ3n) is 4.01. The molecule has 0 bridgehead atoms. The van der Waals surface area contributed by atoms with Gasteiger partial charge in [-0.1, -0.05) is 24.3 Å². The second-order valence-corrected chi connectivity index (χ2v) is 5.96. The maximum absolute atomic E-state index is 12.1. The van der Waals surface area contributed by atoms with Crippen LogP contribution in [0.15, 0.2) is 77.2 Å². The zero-order valence-electron chi connectivity index (χ0n) is 15.1. The number of ether oxygens (including phenoxy) is 3. The van der Waals surface area contributed by atoms with Crippen molar-refractivity contribution in [3.05, 3.63) is 72.8 Å². The minimum atomic E-state index is -0.523. The number of methoxy groups -OCH3 is 1. The first kappa shape index (κ1) is 17.6. The van der Waals surface area contributed by atoms with Crippen molar-refractivity contribution >= 4 is 17.1 Å². The lowest BCUT2D eigenvalue weighted by Gasteiger charge is -2.07. The quantitative estimate of drug-likeness (QED) is 0.365. The monoisotopic (exact) mass is 375 g/mol. The number of carbonyl (C=O) groups excluding carboxylic acids is 1. The van der Waals surface area contributed by atoms with E-state index in [0.717, 1.165) is 5.56 Å². The SMILES string of the molecule is COc1cccc(OCC(=O)Oc2ccc3nc(-c4ccccc4)oc3c2)c1. The van der Waals surface area contributed by atoms with E-state index in [1.165, 1.54) is 0 Å². The highest BCUT2D eigenvalue weighted by atomic mass is 16.6. The summed E-state index contributed by atoms with van der Waals surface area (Å²) < 4.78 is 21.7. The van der Waals surface area contributed by atoms with Crippen molar-refractivity contribution < 1.29 is 23.4 Å². The molecule has 6 nitrogen and oxygen atoms in total. The number of benzene rings is 3. The Labute approximate surface area is 161 Å². The van der Waals surface area contributed by atoms with E-state index in [0.29, 0.717) is 34.2 Å². The van der Waals surface area contributed by atoms with Crippen LogP contribution in [0.2, 0.25) is 0 Å². The minimum absolute atomic E-state index is 0.225. The molecule has 140 valence electrons. The van der Waals surface area contributed by atoms with Crippen LogP contribution in [0.25, 0.3) is 22.6 Å². The molecule has 0 radical (unpaired) electrons. The van der Waals surface area contributed by atoms with Crippen molar-refractivity contribution in [1.82, 2.24) is 4.98 Å². The van der Waals surface area contributed by atoms with Crippen molar-refractivity contribution in [1.29, 1.82) is 0 Å². The summed E-state index contributed by atoms with van der Waals surface area (Å²) >= 11 is 0. The van der Waals surface area contributed by atoms with Gasteiger partial charge in [0.1, 0.15) is 22.8 Å². The van der Waals surface area contributed by atoms with Gasteiger partial charge in [-0.15, -0.1) is 0 Å². The molecular weight excluding hydrogens is 358 g/mol. The number of oxazole rings is 1. The van der Waals surface area contributed by atoms with Crippen LogP contribution in [-0.2, 0) is 4.79 Å². The molecule has 0 saturated heterocycles. The van der Waals surface area contributed by atoms with Gasteiger partial charge in [0, 0.05) is 17.7 Å². The van der Waals surface area contributed by atoms with Crippen LogP contribution in [0.3, 0.4) is 0 Å². The summed E-state index contributed by atoms with van der Waals surface area (Å²) in [7, 11) is 1.57. The summed E-state index contributed by atoms with van der Waals surface area (Å²) in [6, 6.07) is 21.7. The maximum atomic E-state index is 12.1. The van der Waals surface area contributed by atoms with E-state index in [1.54, 1.807) is 49.6 Å². The van der Waals surface area contributed by atoms with Crippen molar-refractivity contribution in [2.75, 3.05) is 13.7 Å². The number of hydrogen-bond acceptors (Lipinski definition) is 6. The number of aromatic nitrogens is 1. The van der Waals surface area contributed by atoms with E-state index in [4.69, 9.17) is 18.6 Å². The molecule has 0 aliphatic heterocycles. The Balaban J connectivity index is 1.43. The van der Waals surface area contributed by atoms with E-state index in [1.807, 2.05) is 30.3 Å². The van der Waals surface area contributed by atoms with E-state index in [9.17, 15) is 4.79 Å². The van der Waals surface area contributed by atoms with Crippen molar-refractivity contribution in [3.63, 3.8) is 0 Å². The third kappa shape index (κ3) is 3.96. The predicted molar refractivity (Wildman–Crippen MR) is 104 cm³/mol. The van der Waals surface area contributed by atoms with Crippen molar-refractivity contribution in [2.24, 2.45) is 0 Å². The molecule has 0 aliphatic rings. The van der Waals surface area contributed by atoms with Crippen molar-refractivity contribution in [2.45, 2.75) is 0 Å². The molecular formula is C22H17NO5. The molecule has 1 heterocycles. The van der Waals surface area contributed by atoms with Crippen LogP contribution in [0.1, 0.15) is 0 Å². The summed E-state index contributed by atoms with van der Waals surface area (Å²) in [6.45, 7) is -0.225. The summed E-state index contributed by atoms with van der Waals surface area (Å²) in [6.07, 6.45) is 0. The Morgan fingerprint density at radius 3 is 2.57 bits per heavy atom. The standard InChI is InChI=1S/C22H17NO5/c1-25-16-8-5-9-17(12-16)26-14-21(24)27-18-10-11-19-20(13-18)28-22(23-19)15-6-3-2-4-7-15/h2-13H,14H2,1H3. The second kappa shape index (κ2) is 7.84. The summed E-state index contributed by atoms with van der Waals surface area (Å²) in [5.41, 5.74) is 2.10. The Kier molecular flexibility index (Phi) is 4.93. The molecule has 0 unspecified atom stereocenters. The zero-order chi connectivity index (χ0) is 19.3. The minimum Gasteiger partial charge on any atom is -0.497 e. The molecule has 0 atom stereocenters. The summed E-state index contributed by atoms with van der Waals surface area (Å²) in [5, 5.41) is 0. The lowest BCUT2D eigenvalue weighted by atomic mass is 10.2. The molecule has 0 amide bonds. The number of fused-ring (bicyclic) bond motifs is 1. The fourth-order valence-corrected chi connectivity index (χ4v) is 2.67. The highest BCUT2D eigenvalue weighted by Crippen LogP contribution is 2.27. The Morgan fingerprint density at radius 1 is 0.929 bits per heavy atom. The van der Waals surface area contributed by atoms with Crippen LogP contribution in [0.4, 0.5) is 0 Å². The summed E-state index contributed by atoms with van der Waals surface area (Å²) in [5.74, 6) is 1.53. The van der Waals surface area contributed by atoms with E-state index in [-0.39, 0.29) is 6.61 Å². The molecule has 0 saturated carbocycles. The lowest BCUT2D eigenvalue weighted by molar-refractivity contribution is -0.136. The first-order valence-corrected chi connectivity index (χ1v) is 8.65. The first-order valence-electron chi connectivity index (χ1n) is 8.65. The Bertz CT molecular complexity index is 1100. The normalized spacial score (nSPS) is 10.6. The number of esters is 1. The number of carbonyl (C=O) groups is 1. The molecule has 4 rings (SSSR count). The molecule has 0 aliphatic carbocycles. The highest BCUT2D eigenvalue weighted by Gasteiger charge is 2.11. The van der Waals surface area contributed by atoms with E-state index >= 15 is 0 Å². The predicted octanol–water partition coefficient (Wildman–Crippen LogP) is 4.49. The van der Waals surface area contributed by atoms with Gasteiger partial charge in [-0.3, -0.25) is 0 Å². The van der Waals surface area contributed by atoms with Gasteiger partial charge in [0.2, 0.25) is 5.89 Å². The van der Waals surface area contributed by atoms with Crippen LogP contribution >= 0.6 is 0 Å². The number of hydrogen-bond donors (Lipinski definition) is 0. The van der Waals surface area contributed by atoms with Gasteiger partial charge in [0.15, 0.2) is 12.2 Å². The third-order valence-corrected chi connectivity index (χ3v) is 4.01. The van der Waals surface area contributed by atoms with E-state index in [2.05, 4.69) is 4.98 Å². The van der Waals surface area contributed by atoms with Gasteiger partial charge in [0.05, 0.1) is 7.11 Å². The van der Waals surface area contributed by atoms with Gasteiger partial charge in [-0.05, 0) is 36.4 Å². The number of rotatable bonds is 6.